The Bertz CT molecular complexity index is 1220. The number of hydrogen-bond donors (Lipinski definition) is 6. The monoisotopic (exact) mass is 1090 g/mol. The number of unbranched alkanes of at least 4 members (excludes halogenated alkanes) is 49. The second-order valence-electron chi connectivity index (χ2n) is 24.3. The molecule has 0 radical (unpaired) electrons. The van der Waals surface area contributed by atoms with Crippen molar-refractivity contribution in [2.45, 2.75) is 403 Å². The van der Waals surface area contributed by atoms with Gasteiger partial charge in [-0.15, -0.1) is 0 Å². The van der Waals surface area contributed by atoms with Crippen LogP contribution in [0.3, 0.4) is 0 Å². The molecule has 0 aromatic heterocycles. The normalized spacial score (nSPS) is 18.7. The predicted molar refractivity (Wildman–Crippen MR) is 327 cm³/mol. The highest BCUT2D eigenvalue weighted by molar-refractivity contribution is 5.76. The summed E-state index contributed by atoms with van der Waals surface area (Å²) in [6, 6.07) is -0.714. The van der Waals surface area contributed by atoms with E-state index >= 15 is 0 Å². The maximum absolute atomic E-state index is 13.1. The lowest BCUT2D eigenvalue weighted by molar-refractivity contribution is -0.302. The molecular formula is C68H133NO8. The third-order valence-corrected chi connectivity index (χ3v) is 16.9. The number of amides is 1. The fraction of sp³-hybridized carbons (Fsp3) is 0.956. The van der Waals surface area contributed by atoms with Gasteiger partial charge in [0.1, 0.15) is 24.4 Å². The first-order chi connectivity index (χ1) is 37.8. The Labute approximate surface area is 477 Å². The zero-order valence-corrected chi connectivity index (χ0v) is 51.3. The summed E-state index contributed by atoms with van der Waals surface area (Å²) >= 11 is 0. The molecule has 1 fully saturated rings. The van der Waals surface area contributed by atoms with E-state index < -0.39 is 49.5 Å². The first kappa shape index (κ1) is 73.9. The van der Waals surface area contributed by atoms with E-state index in [1.807, 2.05) is 0 Å². The summed E-state index contributed by atoms with van der Waals surface area (Å²) in [6.45, 7) is 3.87. The molecule has 0 aromatic carbocycles. The largest absolute Gasteiger partial charge is 0.394 e. The molecule has 0 aliphatic carbocycles. The number of ether oxygens (including phenoxy) is 2. The third-order valence-electron chi connectivity index (χ3n) is 16.9. The maximum Gasteiger partial charge on any atom is 0.220 e. The van der Waals surface area contributed by atoms with E-state index in [2.05, 4.69) is 31.3 Å². The van der Waals surface area contributed by atoms with Crippen molar-refractivity contribution in [3.63, 3.8) is 0 Å². The van der Waals surface area contributed by atoms with Crippen molar-refractivity contribution < 1.29 is 39.8 Å². The number of nitrogens with one attached hydrogen (secondary N) is 1. The maximum atomic E-state index is 13.1. The van der Waals surface area contributed by atoms with Crippen molar-refractivity contribution in [3.05, 3.63) is 12.2 Å². The Hall–Kier alpha value is -1.07. The van der Waals surface area contributed by atoms with Gasteiger partial charge in [-0.05, 0) is 38.5 Å². The first-order valence-electron chi connectivity index (χ1n) is 34.4. The van der Waals surface area contributed by atoms with Gasteiger partial charge in [-0.25, -0.2) is 0 Å². The second kappa shape index (κ2) is 58.1. The fourth-order valence-corrected chi connectivity index (χ4v) is 11.5. The highest BCUT2D eigenvalue weighted by Crippen LogP contribution is 2.24. The third kappa shape index (κ3) is 47.2. The predicted octanol–water partition coefficient (Wildman–Crippen LogP) is 18.3. The lowest BCUT2D eigenvalue weighted by Gasteiger charge is -2.40. The molecule has 1 aliphatic heterocycles. The molecule has 7 atom stereocenters. The van der Waals surface area contributed by atoms with Crippen LogP contribution in [0.4, 0.5) is 0 Å². The highest BCUT2D eigenvalue weighted by Gasteiger charge is 2.44. The van der Waals surface area contributed by atoms with Gasteiger partial charge < -0.3 is 40.3 Å². The van der Waals surface area contributed by atoms with Crippen molar-refractivity contribution in [3.8, 4) is 0 Å². The van der Waals surface area contributed by atoms with E-state index in [-0.39, 0.29) is 12.5 Å². The minimum Gasteiger partial charge on any atom is -0.394 e. The Kier molecular flexibility index (Phi) is 55.8. The Morgan fingerprint density at radius 2 is 0.727 bits per heavy atom. The highest BCUT2D eigenvalue weighted by atomic mass is 16.7. The molecule has 6 N–H and O–H groups in total. The van der Waals surface area contributed by atoms with Gasteiger partial charge in [0, 0.05) is 6.42 Å². The molecule has 0 bridgehead atoms. The van der Waals surface area contributed by atoms with E-state index in [0.29, 0.717) is 12.8 Å². The summed E-state index contributed by atoms with van der Waals surface area (Å²) in [7, 11) is 0. The molecule has 458 valence electrons. The zero-order chi connectivity index (χ0) is 55.8. The van der Waals surface area contributed by atoms with Gasteiger partial charge >= 0.3 is 0 Å². The van der Waals surface area contributed by atoms with Gasteiger partial charge in [0.2, 0.25) is 5.91 Å². The molecule has 0 saturated carbocycles. The van der Waals surface area contributed by atoms with E-state index in [1.54, 1.807) is 0 Å². The average Bonchev–Trinajstić information content (AvgIpc) is 3.43. The Balaban J connectivity index is 1.97. The van der Waals surface area contributed by atoms with Crippen LogP contribution in [-0.4, -0.2) is 87.5 Å². The number of aliphatic hydroxyl groups is 5. The summed E-state index contributed by atoms with van der Waals surface area (Å²) < 4.78 is 11.3. The van der Waals surface area contributed by atoms with Gasteiger partial charge in [-0.1, -0.05) is 328 Å². The van der Waals surface area contributed by atoms with Crippen LogP contribution in [0.15, 0.2) is 12.2 Å². The minimum atomic E-state index is -1.55. The molecule has 0 aromatic rings. The topological polar surface area (TPSA) is 149 Å². The van der Waals surface area contributed by atoms with Crippen molar-refractivity contribution in [1.82, 2.24) is 5.32 Å². The summed E-state index contributed by atoms with van der Waals surface area (Å²) in [6.07, 6.45) is 67.4. The van der Waals surface area contributed by atoms with Crippen molar-refractivity contribution in [2.24, 2.45) is 0 Å². The van der Waals surface area contributed by atoms with Crippen LogP contribution in [0.1, 0.15) is 361 Å². The lowest BCUT2D eigenvalue weighted by atomic mass is 9.99. The van der Waals surface area contributed by atoms with Gasteiger partial charge in [0.05, 0.1) is 25.4 Å². The zero-order valence-electron chi connectivity index (χ0n) is 51.3. The van der Waals surface area contributed by atoms with Gasteiger partial charge in [-0.3, -0.25) is 4.79 Å². The number of rotatable bonds is 61. The van der Waals surface area contributed by atoms with E-state index in [0.717, 1.165) is 38.5 Å². The number of hydrogen-bond acceptors (Lipinski definition) is 8. The molecule has 1 amide bonds. The van der Waals surface area contributed by atoms with Crippen LogP contribution in [0, 0.1) is 0 Å². The van der Waals surface area contributed by atoms with Crippen LogP contribution < -0.4 is 5.32 Å². The first-order valence-corrected chi connectivity index (χ1v) is 34.4. The lowest BCUT2D eigenvalue weighted by Crippen LogP contribution is -2.60. The average molecular weight is 1090 g/mol. The Morgan fingerprint density at radius 1 is 0.429 bits per heavy atom. The van der Waals surface area contributed by atoms with Crippen LogP contribution >= 0.6 is 0 Å². The standard InChI is InChI=1S/C68H133NO8/c1-3-5-7-9-11-13-15-17-18-19-20-21-22-23-24-25-26-27-28-29-30-31-32-33-34-35-36-37-38-39-40-41-42-43-44-46-48-50-52-54-56-58-64(72)69-61(60-76-68-67(75)66(74)65(73)63(59-70)77-68)62(71)57-55-53-51-49-47-45-16-14-12-10-8-6-4-2/h19-20,61-63,65-68,70-71,73-75H,3-18,21-60H2,1-2H3,(H,69,72)/b20-19-. The summed E-state index contributed by atoms with van der Waals surface area (Å²) in [4.78, 5) is 13.1. The van der Waals surface area contributed by atoms with Gasteiger partial charge in [0.15, 0.2) is 6.29 Å². The second-order valence-corrected chi connectivity index (χ2v) is 24.3. The quantitative estimate of drug-likeness (QED) is 0.0261. The van der Waals surface area contributed by atoms with Crippen LogP contribution in [0.5, 0.6) is 0 Å². The molecule has 7 unspecified atom stereocenters. The van der Waals surface area contributed by atoms with Crippen LogP contribution in [0.25, 0.3) is 0 Å². The molecule has 1 heterocycles. The number of aliphatic hydroxyl groups excluding tert-OH is 5. The number of carbonyl (C=O) groups excluding carboxylic acids is 1. The summed E-state index contributed by atoms with van der Waals surface area (Å²) in [5.74, 6) is -0.136. The smallest absolute Gasteiger partial charge is 0.220 e. The van der Waals surface area contributed by atoms with Gasteiger partial charge in [0.25, 0.3) is 0 Å². The summed E-state index contributed by atoms with van der Waals surface area (Å²) in [5, 5.41) is 54.7. The van der Waals surface area contributed by atoms with Crippen LogP contribution in [-0.2, 0) is 14.3 Å². The molecule has 0 spiro atoms. The van der Waals surface area contributed by atoms with E-state index in [4.69, 9.17) is 9.47 Å². The number of allylic oxidation sites excluding steroid dienone is 2. The van der Waals surface area contributed by atoms with E-state index in [9.17, 15) is 30.3 Å². The molecule has 9 heteroatoms. The van der Waals surface area contributed by atoms with Crippen LogP contribution in [0.2, 0.25) is 0 Å². The molecule has 1 aliphatic rings. The van der Waals surface area contributed by atoms with Crippen molar-refractivity contribution in [1.29, 1.82) is 0 Å². The SMILES string of the molecule is CCCCCCCCCC/C=C\CCCCCCCCCCCCCCCCCCCCCCCCCCCCCCCC(=O)NC(COC1OC(CO)C(O)C(O)C1O)C(O)CCCCCCCCCCCCCCC. The van der Waals surface area contributed by atoms with Gasteiger partial charge in [-0.2, -0.15) is 0 Å². The molecule has 9 nitrogen and oxygen atoms in total. The Morgan fingerprint density at radius 3 is 1.05 bits per heavy atom. The number of carbonyl (C=O) groups is 1. The molecular weight excluding hydrogens is 959 g/mol. The molecule has 77 heavy (non-hydrogen) atoms. The molecule has 1 saturated heterocycles. The van der Waals surface area contributed by atoms with Crippen molar-refractivity contribution >= 4 is 5.91 Å². The molecule has 1 rings (SSSR count). The van der Waals surface area contributed by atoms with E-state index in [1.165, 1.54) is 295 Å². The fourth-order valence-electron chi connectivity index (χ4n) is 11.5. The summed E-state index contributed by atoms with van der Waals surface area (Å²) in [5.41, 5.74) is 0. The minimum absolute atomic E-state index is 0.132. The van der Waals surface area contributed by atoms with Crippen molar-refractivity contribution in [2.75, 3.05) is 13.2 Å².